The third kappa shape index (κ3) is 5.80. The summed E-state index contributed by atoms with van der Waals surface area (Å²) in [6, 6.07) is 8.30. The van der Waals surface area contributed by atoms with Crippen molar-refractivity contribution in [2.24, 2.45) is 27.8 Å². The fourth-order valence-electron chi connectivity index (χ4n) is 4.86. The molecular formula is C22H34BN5O4. The standard InChI is InChI=1S/C22H34BN5O4/c24-21(25)26-11-5-8-18(23(31)32)28-20(30)22(9-3-4-10-22)19(29)27-14-15-12-16-6-1-2-7-17(16)13-15/h1-2,6-7,15,18,31-32H,3-5,8-14H2,(H,27,29)(H,28,30)(H4,24,25,26)/t18-/m0/s1. The largest absolute Gasteiger partial charge is 0.475 e. The quantitative estimate of drug-likeness (QED) is 0.0950. The maximum absolute atomic E-state index is 13.2. The van der Waals surface area contributed by atoms with Crippen LogP contribution in [0.25, 0.3) is 0 Å². The molecule has 0 spiro atoms. The van der Waals surface area contributed by atoms with Crippen LogP contribution in [0.1, 0.15) is 49.7 Å². The molecule has 8 N–H and O–H groups in total. The van der Waals surface area contributed by atoms with Gasteiger partial charge in [-0.2, -0.15) is 0 Å². The first-order valence-electron chi connectivity index (χ1n) is 11.4. The topological polar surface area (TPSA) is 163 Å². The van der Waals surface area contributed by atoms with Crippen LogP contribution in [0, 0.1) is 11.3 Å². The number of hydrogen-bond donors (Lipinski definition) is 6. The Labute approximate surface area is 189 Å². The molecule has 2 aliphatic carbocycles. The number of fused-ring (bicyclic) bond motifs is 1. The summed E-state index contributed by atoms with van der Waals surface area (Å²) in [7, 11) is -1.74. The van der Waals surface area contributed by atoms with Crippen LogP contribution in [-0.4, -0.2) is 54.0 Å². The maximum Gasteiger partial charge on any atom is 0.475 e. The first kappa shape index (κ1) is 24.1. The Bertz CT molecular complexity index is 812. The van der Waals surface area contributed by atoms with Crippen molar-refractivity contribution < 1.29 is 19.6 Å². The zero-order valence-corrected chi connectivity index (χ0v) is 18.4. The van der Waals surface area contributed by atoms with E-state index in [2.05, 4.69) is 27.8 Å². The monoisotopic (exact) mass is 443 g/mol. The van der Waals surface area contributed by atoms with Crippen LogP contribution < -0.4 is 22.1 Å². The molecule has 10 heteroatoms. The first-order valence-corrected chi connectivity index (χ1v) is 11.4. The van der Waals surface area contributed by atoms with E-state index in [1.807, 2.05) is 12.1 Å². The van der Waals surface area contributed by atoms with E-state index < -0.39 is 24.4 Å². The molecule has 0 aliphatic heterocycles. The van der Waals surface area contributed by atoms with Gasteiger partial charge in [0.2, 0.25) is 11.8 Å². The first-order chi connectivity index (χ1) is 15.3. The number of guanidine groups is 1. The lowest BCUT2D eigenvalue weighted by atomic mass is 9.75. The smallest absolute Gasteiger partial charge is 0.426 e. The van der Waals surface area contributed by atoms with E-state index in [4.69, 9.17) is 11.5 Å². The van der Waals surface area contributed by atoms with Crippen molar-refractivity contribution in [3.63, 3.8) is 0 Å². The second kappa shape index (κ2) is 10.8. The number of carbonyl (C=O) groups excluding carboxylic acids is 2. The van der Waals surface area contributed by atoms with E-state index in [0.717, 1.165) is 25.7 Å². The molecule has 9 nitrogen and oxygen atoms in total. The lowest BCUT2D eigenvalue weighted by Gasteiger charge is -2.29. The molecule has 174 valence electrons. The van der Waals surface area contributed by atoms with Crippen LogP contribution in [0.5, 0.6) is 0 Å². The minimum Gasteiger partial charge on any atom is -0.426 e. The molecule has 1 atom stereocenters. The molecule has 1 saturated carbocycles. The number of benzene rings is 1. The summed E-state index contributed by atoms with van der Waals surface area (Å²) in [5.41, 5.74) is 12.1. The summed E-state index contributed by atoms with van der Waals surface area (Å²) >= 11 is 0. The number of hydrogen-bond acceptors (Lipinski definition) is 5. The molecule has 0 saturated heterocycles. The van der Waals surface area contributed by atoms with Crippen LogP contribution in [-0.2, 0) is 22.4 Å². The van der Waals surface area contributed by atoms with Gasteiger partial charge in [-0.3, -0.25) is 14.6 Å². The highest BCUT2D eigenvalue weighted by Gasteiger charge is 2.49. The van der Waals surface area contributed by atoms with E-state index in [1.54, 1.807) is 0 Å². The second-order valence-corrected chi connectivity index (χ2v) is 8.98. The van der Waals surface area contributed by atoms with Crippen LogP contribution in [0.4, 0.5) is 0 Å². The third-order valence-corrected chi connectivity index (χ3v) is 6.66. The maximum atomic E-state index is 13.2. The van der Waals surface area contributed by atoms with E-state index >= 15 is 0 Å². The zero-order chi connectivity index (χ0) is 23.1. The Balaban J connectivity index is 1.57. The Morgan fingerprint density at radius 1 is 1.12 bits per heavy atom. The molecule has 1 aromatic rings. The molecule has 3 rings (SSSR count). The summed E-state index contributed by atoms with van der Waals surface area (Å²) in [6.45, 7) is 0.837. The number of rotatable bonds is 10. The highest BCUT2D eigenvalue weighted by Crippen LogP contribution is 2.39. The fourth-order valence-corrected chi connectivity index (χ4v) is 4.86. The summed E-state index contributed by atoms with van der Waals surface area (Å²) in [5, 5.41) is 25.2. The van der Waals surface area contributed by atoms with Gasteiger partial charge < -0.3 is 32.1 Å². The van der Waals surface area contributed by atoms with Gasteiger partial charge in [-0.15, -0.1) is 0 Å². The summed E-state index contributed by atoms with van der Waals surface area (Å²) in [4.78, 5) is 30.2. The molecule has 2 aliphatic rings. The van der Waals surface area contributed by atoms with Gasteiger partial charge in [0, 0.05) is 13.1 Å². The van der Waals surface area contributed by atoms with Crippen molar-refractivity contribution in [1.82, 2.24) is 10.6 Å². The average molecular weight is 443 g/mol. The summed E-state index contributed by atoms with van der Waals surface area (Å²) in [6.07, 6.45) is 5.06. The van der Waals surface area contributed by atoms with E-state index in [9.17, 15) is 19.6 Å². The lowest BCUT2D eigenvalue weighted by Crippen LogP contribution is -2.56. The Kier molecular flexibility index (Phi) is 8.14. The second-order valence-electron chi connectivity index (χ2n) is 8.98. The Morgan fingerprint density at radius 2 is 1.75 bits per heavy atom. The molecule has 1 aromatic carbocycles. The van der Waals surface area contributed by atoms with Gasteiger partial charge >= 0.3 is 7.12 Å². The molecule has 0 radical (unpaired) electrons. The van der Waals surface area contributed by atoms with Crippen LogP contribution in [0.3, 0.4) is 0 Å². The third-order valence-electron chi connectivity index (χ3n) is 6.66. The van der Waals surface area contributed by atoms with Gasteiger partial charge in [0.15, 0.2) is 5.96 Å². The number of nitrogens with two attached hydrogens (primary N) is 2. The number of amides is 2. The van der Waals surface area contributed by atoms with Crippen molar-refractivity contribution in [3.05, 3.63) is 35.4 Å². The minimum atomic E-state index is -1.74. The number of nitrogens with zero attached hydrogens (tertiary/aromatic N) is 1. The van der Waals surface area contributed by atoms with Crippen molar-refractivity contribution in [1.29, 1.82) is 0 Å². The van der Waals surface area contributed by atoms with Crippen molar-refractivity contribution >= 4 is 24.9 Å². The van der Waals surface area contributed by atoms with Gasteiger partial charge in [-0.25, -0.2) is 0 Å². The number of aliphatic imine (C=N–C) groups is 1. The van der Waals surface area contributed by atoms with Gasteiger partial charge in [-0.05, 0) is 55.6 Å². The van der Waals surface area contributed by atoms with Crippen LogP contribution in [0.2, 0.25) is 0 Å². The van der Waals surface area contributed by atoms with Gasteiger partial charge in [-0.1, -0.05) is 37.1 Å². The van der Waals surface area contributed by atoms with E-state index in [1.165, 1.54) is 11.1 Å². The molecule has 0 heterocycles. The molecule has 0 unspecified atom stereocenters. The summed E-state index contributed by atoms with van der Waals surface area (Å²) in [5.74, 6) is -1.33. The van der Waals surface area contributed by atoms with Crippen molar-refractivity contribution in [2.45, 2.75) is 57.3 Å². The van der Waals surface area contributed by atoms with Crippen LogP contribution >= 0.6 is 0 Å². The van der Waals surface area contributed by atoms with Crippen molar-refractivity contribution in [2.75, 3.05) is 13.1 Å². The van der Waals surface area contributed by atoms with Gasteiger partial charge in [0.25, 0.3) is 0 Å². The molecule has 0 bridgehead atoms. The van der Waals surface area contributed by atoms with Crippen molar-refractivity contribution in [3.8, 4) is 0 Å². The van der Waals surface area contributed by atoms with Gasteiger partial charge in [0.1, 0.15) is 5.41 Å². The van der Waals surface area contributed by atoms with Crippen LogP contribution in [0.15, 0.2) is 29.3 Å². The molecule has 1 fully saturated rings. The predicted molar refractivity (Wildman–Crippen MR) is 123 cm³/mol. The zero-order valence-electron chi connectivity index (χ0n) is 18.4. The highest BCUT2D eigenvalue weighted by atomic mass is 16.4. The molecule has 2 amide bonds. The Hall–Kier alpha value is -2.59. The Morgan fingerprint density at radius 3 is 2.31 bits per heavy atom. The minimum absolute atomic E-state index is 0.0397. The fraction of sp³-hybridized carbons (Fsp3) is 0.591. The summed E-state index contributed by atoms with van der Waals surface area (Å²) < 4.78 is 0. The van der Waals surface area contributed by atoms with E-state index in [0.29, 0.717) is 38.3 Å². The lowest BCUT2D eigenvalue weighted by molar-refractivity contribution is -0.143. The van der Waals surface area contributed by atoms with Gasteiger partial charge in [0.05, 0.1) is 5.94 Å². The number of carbonyl (C=O) groups is 2. The normalized spacial score (nSPS) is 17.9. The molecule has 32 heavy (non-hydrogen) atoms. The highest BCUT2D eigenvalue weighted by molar-refractivity contribution is 6.43. The average Bonchev–Trinajstić information content (AvgIpc) is 3.41. The SMILES string of the molecule is NC(N)=NCCC[C@H](NC(=O)C1(C(=O)NCC2Cc3ccccc3C2)CCCC1)B(O)O. The predicted octanol–water partition coefficient (Wildman–Crippen LogP) is -0.372. The number of nitrogens with one attached hydrogen (secondary N) is 2. The molecule has 0 aromatic heterocycles. The molecular weight excluding hydrogens is 409 g/mol. The van der Waals surface area contributed by atoms with E-state index in [-0.39, 0.29) is 18.3 Å².